The first-order chi connectivity index (χ1) is 12.2. The molecule has 2 aromatic heterocycles. The van der Waals surface area contributed by atoms with Crippen molar-refractivity contribution in [3.63, 3.8) is 0 Å². The topological polar surface area (TPSA) is 45.2 Å². The number of para-hydroxylation sites is 1. The van der Waals surface area contributed by atoms with E-state index < -0.39 is 0 Å². The first-order valence-corrected chi connectivity index (χ1v) is 10.3. The molecule has 0 bridgehead atoms. The third kappa shape index (κ3) is 3.93. The van der Waals surface area contributed by atoms with E-state index in [1.54, 1.807) is 22.7 Å². The van der Waals surface area contributed by atoms with E-state index in [-0.39, 0.29) is 18.3 Å². The predicted octanol–water partition coefficient (Wildman–Crippen LogP) is 4.52. The number of nitrogens with zero attached hydrogens (tertiary/aromatic N) is 2. The third-order valence-corrected chi connectivity index (χ3v) is 6.90. The quantitative estimate of drug-likeness (QED) is 0.691. The molecule has 0 spiro atoms. The number of likely N-dealkylation sites (tertiary alicyclic amines) is 1. The molecule has 0 aliphatic carbocycles. The molecule has 138 valence electrons. The maximum atomic E-state index is 12.9. The molecule has 1 aliphatic rings. The summed E-state index contributed by atoms with van der Waals surface area (Å²) >= 11 is 3.24. The van der Waals surface area contributed by atoms with Crippen molar-refractivity contribution in [2.75, 3.05) is 26.7 Å². The SMILES string of the molecule is CNCC1CCCN(C(=O)c2ccc(-c3nc4ccccc4s3)s2)C1.Cl. The number of carbonyl (C=O) groups is 1. The van der Waals surface area contributed by atoms with E-state index in [1.807, 2.05) is 42.3 Å². The Morgan fingerprint density at radius 3 is 2.92 bits per heavy atom. The molecule has 1 aromatic carbocycles. The number of rotatable bonds is 4. The van der Waals surface area contributed by atoms with Crippen LogP contribution in [0, 0.1) is 5.92 Å². The lowest BCUT2D eigenvalue weighted by molar-refractivity contribution is 0.0679. The van der Waals surface area contributed by atoms with Crippen LogP contribution < -0.4 is 5.32 Å². The molecule has 0 saturated carbocycles. The van der Waals surface area contributed by atoms with Crippen LogP contribution in [0.25, 0.3) is 20.1 Å². The fourth-order valence-electron chi connectivity index (χ4n) is 3.41. The predicted molar refractivity (Wildman–Crippen MR) is 113 cm³/mol. The van der Waals surface area contributed by atoms with Gasteiger partial charge in [0.15, 0.2) is 0 Å². The summed E-state index contributed by atoms with van der Waals surface area (Å²) in [5, 5.41) is 4.23. The fourth-order valence-corrected chi connectivity index (χ4v) is 5.40. The zero-order chi connectivity index (χ0) is 17.2. The maximum Gasteiger partial charge on any atom is 0.263 e. The molecular weight excluding hydrogens is 386 g/mol. The number of carbonyl (C=O) groups excluding carboxylic acids is 1. The second kappa shape index (κ2) is 8.48. The van der Waals surface area contributed by atoms with Gasteiger partial charge in [-0.15, -0.1) is 35.1 Å². The van der Waals surface area contributed by atoms with Gasteiger partial charge >= 0.3 is 0 Å². The van der Waals surface area contributed by atoms with Crippen LogP contribution in [-0.4, -0.2) is 42.5 Å². The van der Waals surface area contributed by atoms with Gasteiger partial charge in [-0.25, -0.2) is 4.98 Å². The van der Waals surface area contributed by atoms with Crippen molar-refractivity contribution < 1.29 is 4.79 Å². The van der Waals surface area contributed by atoms with E-state index in [4.69, 9.17) is 4.98 Å². The zero-order valence-corrected chi connectivity index (χ0v) is 17.1. The molecule has 1 amide bonds. The van der Waals surface area contributed by atoms with Crippen molar-refractivity contribution in [2.45, 2.75) is 12.8 Å². The highest BCUT2D eigenvalue weighted by Gasteiger charge is 2.25. The van der Waals surface area contributed by atoms with Gasteiger partial charge in [-0.2, -0.15) is 0 Å². The molecule has 4 nitrogen and oxygen atoms in total. The lowest BCUT2D eigenvalue weighted by Gasteiger charge is -2.32. The van der Waals surface area contributed by atoms with E-state index >= 15 is 0 Å². The lowest BCUT2D eigenvalue weighted by atomic mass is 9.98. The van der Waals surface area contributed by atoms with Crippen molar-refractivity contribution >= 4 is 51.2 Å². The zero-order valence-electron chi connectivity index (χ0n) is 14.6. The average molecular weight is 408 g/mol. The molecule has 1 aliphatic heterocycles. The van der Waals surface area contributed by atoms with Crippen molar-refractivity contribution in [3.05, 3.63) is 41.3 Å². The summed E-state index contributed by atoms with van der Waals surface area (Å²) in [6.45, 7) is 2.70. The standard InChI is InChI=1S/C19H21N3OS2.ClH/c1-20-11-13-5-4-10-22(12-13)19(23)17-9-8-16(24-17)18-21-14-6-2-3-7-15(14)25-18;/h2-3,6-9,13,20H,4-5,10-12H2,1H3;1H. The van der Waals surface area contributed by atoms with Crippen LogP contribution in [0.4, 0.5) is 0 Å². The third-order valence-electron chi connectivity index (χ3n) is 4.62. The summed E-state index contributed by atoms with van der Waals surface area (Å²) in [5.41, 5.74) is 1.02. The smallest absolute Gasteiger partial charge is 0.263 e. The van der Waals surface area contributed by atoms with Crippen molar-refractivity contribution in [3.8, 4) is 9.88 Å². The number of aromatic nitrogens is 1. The molecule has 26 heavy (non-hydrogen) atoms. The van der Waals surface area contributed by atoms with Gasteiger partial charge in [-0.3, -0.25) is 4.79 Å². The first-order valence-electron chi connectivity index (χ1n) is 8.64. The summed E-state index contributed by atoms with van der Waals surface area (Å²) in [5.74, 6) is 0.726. The van der Waals surface area contributed by atoms with Gasteiger partial charge in [0.05, 0.1) is 20.0 Å². The Bertz CT molecular complexity index is 857. The van der Waals surface area contributed by atoms with Crippen LogP contribution in [0.15, 0.2) is 36.4 Å². The monoisotopic (exact) mass is 407 g/mol. The second-order valence-electron chi connectivity index (χ2n) is 6.47. The summed E-state index contributed by atoms with van der Waals surface area (Å²) in [6.07, 6.45) is 2.29. The molecule has 0 radical (unpaired) electrons. The van der Waals surface area contributed by atoms with E-state index in [1.165, 1.54) is 11.1 Å². The Morgan fingerprint density at radius 2 is 2.12 bits per heavy atom. The molecule has 7 heteroatoms. The fraction of sp³-hybridized carbons (Fsp3) is 0.368. The number of benzene rings is 1. The summed E-state index contributed by atoms with van der Waals surface area (Å²) in [6, 6.07) is 12.1. The van der Waals surface area contributed by atoms with Gasteiger partial charge in [0.2, 0.25) is 0 Å². The van der Waals surface area contributed by atoms with Crippen LogP contribution >= 0.6 is 35.1 Å². The minimum Gasteiger partial charge on any atom is -0.338 e. The second-order valence-corrected chi connectivity index (χ2v) is 8.58. The van der Waals surface area contributed by atoms with Gasteiger partial charge in [0, 0.05) is 13.1 Å². The first kappa shape index (κ1) is 19.3. The van der Waals surface area contributed by atoms with Gasteiger partial charge in [-0.05, 0) is 56.6 Å². The van der Waals surface area contributed by atoms with Gasteiger partial charge in [0.25, 0.3) is 5.91 Å². The molecule has 3 aromatic rings. The Kier molecular flexibility index (Phi) is 6.29. The summed E-state index contributed by atoms with van der Waals surface area (Å²) in [7, 11) is 1.98. The number of halogens is 1. The van der Waals surface area contributed by atoms with Crippen LogP contribution in [0.3, 0.4) is 0 Å². The average Bonchev–Trinajstić information content (AvgIpc) is 3.28. The van der Waals surface area contributed by atoms with Crippen LogP contribution in [0.2, 0.25) is 0 Å². The number of thiophene rings is 1. The summed E-state index contributed by atoms with van der Waals surface area (Å²) < 4.78 is 1.18. The number of hydrogen-bond acceptors (Lipinski definition) is 5. The Hall–Kier alpha value is -1.47. The van der Waals surface area contributed by atoms with Gasteiger partial charge < -0.3 is 10.2 Å². The van der Waals surface area contributed by atoms with Crippen LogP contribution in [-0.2, 0) is 0 Å². The largest absolute Gasteiger partial charge is 0.338 e. The summed E-state index contributed by atoms with van der Waals surface area (Å²) in [4.78, 5) is 21.5. The Balaban J connectivity index is 0.00000196. The van der Waals surface area contributed by atoms with E-state index in [9.17, 15) is 4.79 Å². The highest BCUT2D eigenvalue weighted by molar-refractivity contribution is 7.26. The van der Waals surface area contributed by atoms with Crippen molar-refractivity contribution in [1.82, 2.24) is 15.2 Å². The molecule has 3 heterocycles. The number of hydrogen-bond donors (Lipinski definition) is 1. The molecule has 4 rings (SSSR count). The number of piperidine rings is 1. The molecule has 1 unspecified atom stereocenters. The Morgan fingerprint density at radius 1 is 1.27 bits per heavy atom. The van der Waals surface area contributed by atoms with E-state index in [0.29, 0.717) is 5.92 Å². The minimum absolute atomic E-state index is 0. The number of thiazole rings is 1. The van der Waals surface area contributed by atoms with E-state index in [0.717, 1.165) is 46.3 Å². The molecule has 1 N–H and O–H groups in total. The number of nitrogens with one attached hydrogen (secondary N) is 1. The molecule has 1 fully saturated rings. The lowest BCUT2D eigenvalue weighted by Crippen LogP contribution is -2.42. The highest BCUT2D eigenvalue weighted by Crippen LogP contribution is 2.35. The van der Waals surface area contributed by atoms with Crippen molar-refractivity contribution in [2.24, 2.45) is 5.92 Å². The van der Waals surface area contributed by atoms with Crippen LogP contribution in [0.1, 0.15) is 22.5 Å². The van der Waals surface area contributed by atoms with Gasteiger partial charge in [0.1, 0.15) is 5.01 Å². The highest BCUT2D eigenvalue weighted by atomic mass is 35.5. The van der Waals surface area contributed by atoms with Crippen molar-refractivity contribution in [1.29, 1.82) is 0 Å². The minimum atomic E-state index is 0. The molecule has 1 saturated heterocycles. The van der Waals surface area contributed by atoms with Gasteiger partial charge in [-0.1, -0.05) is 12.1 Å². The number of fused-ring (bicyclic) bond motifs is 1. The molecule has 1 atom stereocenters. The maximum absolute atomic E-state index is 12.9. The van der Waals surface area contributed by atoms with E-state index in [2.05, 4.69) is 11.4 Å². The Labute approximate surface area is 167 Å². The number of amides is 1. The normalized spacial score (nSPS) is 17.3. The van der Waals surface area contributed by atoms with Crippen LogP contribution in [0.5, 0.6) is 0 Å². The molecular formula is C19H22ClN3OS2.